The SMILES string of the molecule is Nc1ccc(C(c2ccc(N)cc2)(C(F)(F)F)C(F)(F)F)cc1. The molecule has 0 aromatic heterocycles. The maximum atomic E-state index is 13.7. The highest BCUT2D eigenvalue weighted by Gasteiger charge is 2.72. The van der Waals surface area contributed by atoms with E-state index in [-0.39, 0.29) is 11.4 Å². The molecule has 0 spiro atoms. The van der Waals surface area contributed by atoms with Crippen molar-refractivity contribution in [2.75, 3.05) is 11.5 Å². The Morgan fingerprint density at radius 3 is 1.00 bits per heavy atom. The number of hydrogen-bond donors (Lipinski definition) is 2. The Morgan fingerprint density at radius 1 is 0.522 bits per heavy atom. The molecule has 2 aromatic rings. The van der Waals surface area contributed by atoms with Crippen LogP contribution in [0.15, 0.2) is 48.5 Å². The molecule has 0 atom stereocenters. The molecule has 0 aliphatic carbocycles. The van der Waals surface area contributed by atoms with E-state index < -0.39 is 28.9 Å². The quantitative estimate of drug-likeness (QED) is 0.637. The zero-order valence-electron chi connectivity index (χ0n) is 11.5. The van der Waals surface area contributed by atoms with Gasteiger partial charge in [-0.15, -0.1) is 0 Å². The summed E-state index contributed by atoms with van der Waals surface area (Å²) in [6.07, 6.45) is -11.2. The summed E-state index contributed by atoms with van der Waals surface area (Å²) in [6.45, 7) is 0. The summed E-state index contributed by atoms with van der Waals surface area (Å²) in [5.74, 6) is 0. The van der Waals surface area contributed by atoms with Crippen LogP contribution < -0.4 is 11.5 Å². The van der Waals surface area contributed by atoms with Crippen LogP contribution in [0.4, 0.5) is 37.7 Å². The third kappa shape index (κ3) is 2.69. The normalized spacial score (nSPS) is 13.1. The predicted molar refractivity (Wildman–Crippen MR) is 74.6 cm³/mol. The van der Waals surface area contributed by atoms with Crippen LogP contribution in [-0.2, 0) is 5.41 Å². The maximum Gasteiger partial charge on any atom is 0.411 e. The van der Waals surface area contributed by atoms with E-state index in [0.717, 1.165) is 48.5 Å². The number of nitrogens with two attached hydrogens (primary N) is 2. The van der Waals surface area contributed by atoms with E-state index in [4.69, 9.17) is 11.5 Å². The number of nitrogen functional groups attached to an aromatic ring is 2. The zero-order chi connectivity index (χ0) is 17.5. The maximum absolute atomic E-state index is 13.7. The molecular weight excluding hydrogens is 322 g/mol. The van der Waals surface area contributed by atoms with Crippen LogP contribution in [0.1, 0.15) is 11.1 Å². The van der Waals surface area contributed by atoms with Gasteiger partial charge in [0.25, 0.3) is 0 Å². The topological polar surface area (TPSA) is 52.0 Å². The molecule has 0 saturated heterocycles. The summed E-state index contributed by atoms with van der Waals surface area (Å²) in [5, 5.41) is 0. The molecule has 0 aliphatic heterocycles. The molecule has 0 fully saturated rings. The summed E-state index contributed by atoms with van der Waals surface area (Å²) >= 11 is 0. The van der Waals surface area contributed by atoms with Crippen LogP contribution in [-0.4, -0.2) is 12.4 Å². The highest BCUT2D eigenvalue weighted by Crippen LogP contribution is 2.56. The fourth-order valence-electron chi connectivity index (χ4n) is 2.45. The molecule has 0 heterocycles. The Labute approximate surface area is 127 Å². The van der Waals surface area contributed by atoms with Crippen molar-refractivity contribution >= 4 is 11.4 Å². The van der Waals surface area contributed by atoms with E-state index in [1.54, 1.807) is 0 Å². The average Bonchev–Trinajstić information content (AvgIpc) is 2.40. The summed E-state index contributed by atoms with van der Waals surface area (Å²) in [6, 6.07) is 6.91. The third-order valence-corrected chi connectivity index (χ3v) is 3.54. The van der Waals surface area contributed by atoms with E-state index in [2.05, 4.69) is 0 Å². The van der Waals surface area contributed by atoms with Crippen molar-refractivity contribution in [3.63, 3.8) is 0 Å². The molecule has 124 valence electrons. The van der Waals surface area contributed by atoms with Gasteiger partial charge in [0, 0.05) is 11.4 Å². The van der Waals surface area contributed by atoms with E-state index in [1.165, 1.54) is 0 Å². The monoisotopic (exact) mass is 334 g/mol. The van der Waals surface area contributed by atoms with Crippen LogP contribution in [0.5, 0.6) is 0 Å². The van der Waals surface area contributed by atoms with E-state index in [1.807, 2.05) is 0 Å². The summed E-state index contributed by atoms with van der Waals surface area (Å²) < 4.78 is 82.0. The zero-order valence-corrected chi connectivity index (χ0v) is 11.5. The van der Waals surface area contributed by atoms with Crippen molar-refractivity contribution in [2.45, 2.75) is 17.8 Å². The third-order valence-electron chi connectivity index (χ3n) is 3.54. The number of alkyl halides is 6. The summed E-state index contributed by atoms with van der Waals surface area (Å²) in [7, 11) is 0. The predicted octanol–water partition coefficient (Wildman–Crippen LogP) is 4.26. The van der Waals surface area contributed by atoms with E-state index in [0.29, 0.717) is 0 Å². The lowest BCUT2D eigenvalue weighted by molar-refractivity contribution is -0.288. The second-order valence-corrected chi connectivity index (χ2v) is 4.99. The fraction of sp³-hybridized carbons (Fsp3) is 0.200. The van der Waals surface area contributed by atoms with Crippen molar-refractivity contribution in [1.29, 1.82) is 0 Å². The number of rotatable bonds is 2. The van der Waals surface area contributed by atoms with E-state index >= 15 is 0 Å². The van der Waals surface area contributed by atoms with Gasteiger partial charge in [0.1, 0.15) is 0 Å². The van der Waals surface area contributed by atoms with Gasteiger partial charge < -0.3 is 11.5 Å². The van der Waals surface area contributed by atoms with Gasteiger partial charge >= 0.3 is 12.4 Å². The van der Waals surface area contributed by atoms with Crippen molar-refractivity contribution < 1.29 is 26.3 Å². The molecular formula is C15H12F6N2. The van der Waals surface area contributed by atoms with Crippen LogP contribution in [0.2, 0.25) is 0 Å². The number of hydrogen-bond acceptors (Lipinski definition) is 2. The first-order valence-corrected chi connectivity index (χ1v) is 6.35. The van der Waals surface area contributed by atoms with Crippen molar-refractivity contribution in [3.8, 4) is 0 Å². The molecule has 8 heteroatoms. The first-order chi connectivity index (χ1) is 10.5. The second kappa shape index (κ2) is 5.36. The standard InChI is InChI=1S/C15H12F6N2/c16-14(17,18)13(15(19,20)21,9-1-5-11(22)6-2-9)10-3-7-12(23)8-4-10/h1-8H,22-23H2. The van der Waals surface area contributed by atoms with Gasteiger partial charge in [-0.05, 0) is 35.4 Å². The summed E-state index contributed by atoms with van der Waals surface area (Å²) in [5.41, 5.74) is 4.77. The molecule has 0 unspecified atom stereocenters. The molecule has 2 rings (SSSR count). The molecule has 0 aliphatic rings. The van der Waals surface area contributed by atoms with Gasteiger partial charge in [0.2, 0.25) is 5.41 Å². The van der Waals surface area contributed by atoms with Crippen LogP contribution in [0, 0.1) is 0 Å². The Kier molecular flexibility index (Phi) is 3.96. The Bertz CT molecular complexity index is 610. The van der Waals surface area contributed by atoms with Crippen LogP contribution >= 0.6 is 0 Å². The van der Waals surface area contributed by atoms with Crippen molar-refractivity contribution in [3.05, 3.63) is 59.7 Å². The van der Waals surface area contributed by atoms with Gasteiger partial charge in [-0.3, -0.25) is 0 Å². The smallest absolute Gasteiger partial charge is 0.399 e. The molecule has 2 nitrogen and oxygen atoms in total. The number of halogens is 6. The lowest BCUT2D eigenvalue weighted by Crippen LogP contribution is -2.54. The van der Waals surface area contributed by atoms with E-state index in [9.17, 15) is 26.3 Å². The lowest BCUT2D eigenvalue weighted by Gasteiger charge is -2.38. The molecule has 23 heavy (non-hydrogen) atoms. The molecule has 2 aromatic carbocycles. The first-order valence-electron chi connectivity index (χ1n) is 6.35. The molecule has 0 saturated carbocycles. The van der Waals surface area contributed by atoms with Gasteiger partial charge in [0.15, 0.2) is 0 Å². The molecule has 4 N–H and O–H groups in total. The van der Waals surface area contributed by atoms with Gasteiger partial charge in [0.05, 0.1) is 0 Å². The first kappa shape index (κ1) is 17.0. The highest BCUT2D eigenvalue weighted by molar-refractivity contribution is 5.51. The lowest BCUT2D eigenvalue weighted by atomic mass is 9.73. The minimum atomic E-state index is -5.61. The second-order valence-electron chi connectivity index (χ2n) is 4.99. The molecule has 0 radical (unpaired) electrons. The Balaban J connectivity index is 2.86. The molecule has 0 amide bonds. The largest absolute Gasteiger partial charge is 0.411 e. The number of anilines is 2. The highest BCUT2D eigenvalue weighted by atomic mass is 19.4. The average molecular weight is 334 g/mol. The fourth-order valence-corrected chi connectivity index (χ4v) is 2.45. The van der Waals surface area contributed by atoms with Crippen LogP contribution in [0.3, 0.4) is 0 Å². The Hall–Kier alpha value is -2.38. The molecule has 0 bridgehead atoms. The minimum Gasteiger partial charge on any atom is -0.399 e. The van der Waals surface area contributed by atoms with Crippen molar-refractivity contribution in [2.24, 2.45) is 0 Å². The van der Waals surface area contributed by atoms with Gasteiger partial charge in [-0.25, -0.2) is 0 Å². The number of benzene rings is 2. The van der Waals surface area contributed by atoms with Gasteiger partial charge in [-0.2, -0.15) is 26.3 Å². The minimum absolute atomic E-state index is 0.0595. The van der Waals surface area contributed by atoms with Gasteiger partial charge in [-0.1, -0.05) is 24.3 Å². The Morgan fingerprint density at radius 2 is 0.783 bits per heavy atom. The summed E-state index contributed by atoms with van der Waals surface area (Å²) in [4.78, 5) is 0. The van der Waals surface area contributed by atoms with Crippen LogP contribution in [0.25, 0.3) is 0 Å². The van der Waals surface area contributed by atoms with Crippen molar-refractivity contribution in [1.82, 2.24) is 0 Å².